The molecule has 0 fully saturated rings. The fourth-order valence-corrected chi connectivity index (χ4v) is 2.38. The number of halogens is 1. The predicted molar refractivity (Wildman–Crippen MR) is 62.8 cm³/mol. The van der Waals surface area contributed by atoms with Crippen LogP contribution in [0.25, 0.3) is 0 Å². The van der Waals surface area contributed by atoms with E-state index in [-0.39, 0.29) is 4.90 Å². The average Bonchev–Trinajstić information content (AvgIpc) is 2.29. The first-order chi connectivity index (χ1) is 7.52. The van der Waals surface area contributed by atoms with Crippen molar-refractivity contribution in [2.45, 2.75) is 11.3 Å². The van der Waals surface area contributed by atoms with Gasteiger partial charge in [-0.15, -0.1) is 11.6 Å². The van der Waals surface area contributed by atoms with Crippen molar-refractivity contribution in [3.8, 4) is 0 Å². The smallest absolute Gasteiger partial charge is 0.264 e. The SMILES string of the molecule is CON(C)S(=O)(=O)c1ccc(CCCl)cc1. The molecule has 0 radical (unpaired) electrons. The molecule has 1 rings (SSSR count). The van der Waals surface area contributed by atoms with Crippen LogP contribution in [0.3, 0.4) is 0 Å². The molecule has 1 aromatic carbocycles. The molecule has 1 aromatic rings. The van der Waals surface area contributed by atoms with Crippen molar-refractivity contribution in [1.82, 2.24) is 4.47 Å². The van der Waals surface area contributed by atoms with Gasteiger partial charge < -0.3 is 0 Å². The summed E-state index contributed by atoms with van der Waals surface area (Å²) in [5.41, 5.74) is 1.01. The first-order valence-corrected chi connectivity index (χ1v) is 6.67. The lowest BCUT2D eigenvalue weighted by Gasteiger charge is -2.14. The van der Waals surface area contributed by atoms with E-state index < -0.39 is 10.0 Å². The van der Waals surface area contributed by atoms with E-state index in [2.05, 4.69) is 4.84 Å². The highest BCUT2D eigenvalue weighted by atomic mass is 35.5. The van der Waals surface area contributed by atoms with Crippen molar-refractivity contribution in [2.75, 3.05) is 20.0 Å². The topological polar surface area (TPSA) is 46.6 Å². The summed E-state index contributed by atoms with van der Waals surface area (Å²) >= 11 is 5.59. The molecule has 0 bridgehead atoms. The number of sulfonamides is 1. The Hall–Kier alpha value is -0.620. The van der Waals surface area contributed by atoms with Gasteiger partial charge in [-0.2, -0.15) is 0 Å². The number of hydrogen-bond acceptors (Lipinski definition) is 3. The Morgan fingerprint density at radius 1 is 1.31 bits per heavy atom. The Morgan fingerprint density at radius 2 is 1.88 bits per heavy atom. The van der Waals surface area contributed by atoms with Gasteiger partial charge in [0, 0.05) is 12.9 Å². The highest BCUT2D eigenvalue weighted by Gasteiger charge is 2.20. The Kier molecular flexibility index (Phi) is 4.73. The molecule has 0 saturated carbocycles. The van der Waals surface area contributed by atoms with Crippen LogP contribution in [0.15, 0.2) is 29.2 Å². The van der Waals surface area contributed by atoms with E-state index in [0.717, 1.165) is 16.5 Å². The molecule has 0 aliphatic heterocycles. The van der Waals surface area contributed by atoms with Gasteiger partial charge in [-0.25, -0.2) is 8.42 Å². The third-order valence-corrected chi connectivity index (χ3v) is 4.08. The minimum atomic E-state index is -3.54. The molecular weight excluding hydrogens is 250 g/mol. The van der Waals surface area contributed by atoms with E-state index in [1.165, 1.54) is 14.2 Å². The van der Waals surface area contributed by atoms with Gasteiger partial charge in [-0.3, -0.25) is 4.84 Å². The standard InChI is InChI=1S/C10H14ClNO3S/c1-12(15-2)16(13,14)10-5-3-9(4-6-10)7-8-11/h3-6H,7-8H2,1-2H3. The van der Waals surface area contributed by atoms with Crippen molar-refractivity contribution in [3.63, 3.8) is 0 Å². The number of alkyl halides is 1. The van der Waals surface area contributed by atoms with Crippen molar-refractivity contribution < 1.29 is 13.3 Å². The van der Waals surface area contributed by atoms with Crippen LogP contribution >= 0.6 is 11.6 Å². The minimum absolute atomic E-state index is 0.204. The highest BCUT2D eigenvalue weighted by molar-refractivity contribution is 7.89. The second-order valence-electron chi connectivity index (χ2n) is 3.18. The number of rotatable bonds is 5. The van der Waals surface area contributed by atoms with Gasteiger partial charge in [0.1, 0.15) is 0 Å². The van der Waals surface area contributed by atoms with Crippen LogP contribution in [0.1, 0.15) is 5.56 Å². The van der Waals surface area contributed by atoms with Crippen LogP contribution in [0, 0.1) is 0 Å². The minimum Gasteiger partial charge on any atom is -0.288 e. The lowest BCUT2D eigenvalue weighted by molar-refractivity contribution is -0.0258. The summed E-state index contributed by atoms with van der Waals surface area (Å²) in [5.74, 6) is 0.518. The lowest BCUT2D eigenvalue weighted by atomic mass is 10.2. The quantitative estimate of drug-likeness (QED) is 0.599. The van der Waals surface area contributed by atoms with E-state index >= 15 is 0 Å². The lowest BCUT2D eigenvalue weighted by Crippen LogP contribution is -2.25. The Balaban J connectivity index is 2.97. The Labute approximate surface area is 101 Å². The molecule has 0 heterocycles. The maximum absolute atomic E-state index is 11.8. The molecule has 0 N–H and O–H groups in total. The second-order valence-corrected chi connectivity index (χ2v) is 5.49. The fraction of sp³-hybridized carbons (Fsp3) is 0.400. The molecule has 0 amide bonds. The molecule has 90 valence electrons. The van der Waals surface area contributed by atoms with Crippen LogP contribution in [-0.2, 0) is 21.3 Å². The van der Waals surface area contributed by atoms with E-state index in [4.69, 9.17) is 11.6 Å². The van der Waals surface area contributed by atoms with Crippen LogP contribution < -0.4 is 0 Å². The van der Waals surface area contributed by atoms with Gasteiger partial charge in [0.05, 0.1) is 12.0 Å². The molecule has 0 unspecified atom stereocenters. The van der Waals surface area contributed by atoms with Gasteiger partial charge in [0.25, 0.3) is 10.0 Å². The average molecular weight is 264 g/mol. The molecule has 0 aliphatic rings. The van der Waals surface area contributed by atoms with E-state index in [9.17, 15) is 8.42 Å². The normalized spacial score (nSPS) is 12.0. The number of hydroxylamine groups is 1. The van der Waals surface area contributed by atoms with E-state index in [1.807, 2.05) is 0 Å². The van der Waals surface area contributed by atoms with Crippen molar-refractivity contribution in [2.24, 2.45) is 0 Å². The molecule has 0 spiro atoms. The summed E-state index contributed by atoms with van der Waals surface area (Å²) in [4.78, 5) is 4.88. The summed E-state index contributed by atoms with van der Waals surface area (Å²) in [7, 11) is -0.888. The van der Waals surface area contributed by atoms with Gasteiger partial charge >= 0.3 is 0 Å². The van der Waals surface area contributed by atoms with E-state index in [0.29, 0.717) is 5.88 Å². The molecule has 0 aromatic heterocycles. The third-order valence-electron chi connectivity index (χ3n) is 2.20. The number of nitrogens with zero attached hydrogens (tertiary/aromatic N) is 1. The van der Waals surface area contributed by atoms with Crippen molar-refractivity contribution in [3.05, 3.63) is 29.8 Å². The summed E-state index contributed by atoms with van der Waals surface area (Å²) in [6.07, 6.45) is 0.724. The summed E-state index contributed by atoms with van der Waals surface area (Å²) in [5, 5.41) is 0. The maximum Gasteiger partial charge on any atom is 0.264 e. The Morgan fingerprint density at radius 3 is 2.31 bits per heavy atom. The molecule has 4 nitrogen and oxygen atoms in total. The molecule has 6 heteroatoms. The first-order valence-electron chi connectivity index (χ1n) is 4.70. The van der Waals surface area contributed by atoms with Crippen LogP contribution in [-0.4, -0.2) is 32.9 Å². The Bertz CT molecular complexity index is 430. The fourth-order valence-electron chi connectivity index (χ4n) is 1.18. The van der Waals surface area contributed by atoms with Crippen LogP contribution in [0.4, 0.5) is 0 Å². The summed E-state index contributed by atoms with van der Waals surface area (Å²) < 4.78 is 24.4. The molecule has 0 saturated heterocycles. The molecular formula is C10H14ClNO3S. The molecule has 0 aliphatic carbocycles. The number of aryl methyl sites for hydroxylation is 1. The van der Waals surface area contributed by atoms with E-state index in [1.54, 1.807) is 24.3 Å². The van der Waals surface area contributed by atoms with Gasteiger partial charge in [0.2, 0.25) is 0 Å². The largest absolute Gasteiger partial charge is 0.288 e. The second kappa shape index (κ2) is 5.63. The van der Waals surface area contributed by atoms with Gasteiger partial charge in [-0.05, 0) is 24.1 Å². The maximum atomic E-state index is 11.8. The van der Waals surface area contributed by atoms with Crippen molar-refractivity contribution >= 4 is 21.6 Å². The van der Waals surface area contributed by atoms with Crippen LogP contribution in [0.2, 0.25) is 0 Å². The summed E-state index contributed by atoms with van der Waals surface area (Å²) in [6.45, 7) is 0. The highest BCUT2D eigenvalue weighted by Crippen LogP contribution is 2.15. The van der Waals surface area contributed by atoms with Gasteiger partial charge in [-0.1, -0.05) is 16.6 Å². The zero-order chi connectivity index (χ0) is 12.2. The number of hydrogen-bond donors (Lipinski definition) is 0. The molecule has 16 heavy (non-hydrogen) atoms. The zero-order valence-corrected chi connectivity index (χ0v) is 10.8. The molecule has 0 atom stereocenters. The van der Waals surface area contributed by atoms with Crippen molar-refractivity contribution in [1.29, 1.82) is 0 Å². The summed E-state index contributed by atoms with van der Waals surface area (Å²) in [6, 6.07) is 6.59. The zero-order valence-electron chi connectivity index (χ0n) is 9.18. The van der Waals surface area contributed by atoms with Crippen LogP contribution in [0.5, 0.6) is 0 Å². The first kappa shape index (κ1) is 13.4. The predicted octanol–water partition coefficient (Wildman–Crippen LogP) is 1.65. The van der Waals surface area contributed by atoms with Gasteiger partial charge in [0.15, 0.2) is 0 Å². The number of benzene rings is 1. The third kappa shape index (κ3) is 2.95. The monoisotopic (exact) mass is 263 g/mol.